The molecule has 2 rings (SSSR count). The lowest BCUT2D eigenvalue weighted by Gasteiger charge is -2.08. The van der Waals surface area contributed by atoms with Crippen LogP contribution in [-0.2, 0) is 0 Å². The van der Waals surface area contributed by atoms with Crippen molar-refractivity contribution < 1.29 is 9.90 Å². The number of hydrogen-bond acceptors (Lipinski definition) is 4. The van der Waals surface area contributed by atoms with E-state index in [1.54, 1.807) is 17.8 Å². The number of aromatic nitrogens is 1. The minimum Gasteiger partial charge on any atom is -0.478 e. The minimum absolute atomic E-state index is 0.147. The van der Waals surface area contributed by atoms with E-state index in [1.165, 1.54) is 31.9 Å². The molecule has 0 atom stereocenters. The predicted octanol–water partition coefficient (Wildman–Crippen LogP) is 2.64. The molecular weight excluding hydrogens is 236 g/mol. The van der Waals surface area contributed by atoms with Gasteiger partial charge < -0.3 is 10.8 Å². The van der Waals surface area contributed by atoms with Crippen molar-refractivity contribution >= 4 is 23.4 Å². The molecule has 0 saturated heterocycles. The molecule has 17 heavy (non-hydrogen) atoms. The molecule has 1 aliphatic carbocycles. The summed E-state index contributed by atoms with van der Waals surface area (Å²) in [4.78, 5) is 15.1. The second kappa shape index (κ2) is 5.40. The number of aromatic carboxylic acids is 1. The molecule has 1 heterocycles. The van der Waals surface area contributed by atoms with Gasteiger partial charge in [0.25, 0.3) is 0 Å². The van der Waals surface area contributed by atoms with E-state index in [2.05, 4.69) is 4.98 Å². The number of nitrogens with zero attached hydrogens (tertiary/aromatic N) is 1. The highest BCUT2D eigenvalue weighted by molar-refractivity contribution is 7.99. The molecule has 3 N–H and O–H groups in total. The lowest BCUT2D eigenvalue weighted by Crippen LogP contribution is -2.04. The highest BCUT2D eigenvalue weighted by atomic mass is 32.2. The second-order valence-electron chi connectivity index (χ2n) is 4.38. The van der Waals surface area contributed by atoms with Gasteiger partial charge in [-0.15, -0.1) is 11.8 Å². The van der Waals surface area contributed by atoms with Crippen LogP contribution in [0.1, 0.15) is 36.0 Å². The molecule has 1 saturated carbocycles. The van der Waals surface area contributed by atoms with Gasteiger partial charge in [-0.1, -0.05) is 12.8 Å². The zero-order valence-electron chi connectivity index (χ0n) is 9.56. The molecule has 0 aliphatic heterocycles. The Morgan fingerprint density at radius 1 is 1.53 bits per heavy atom. The van der Waals surface area contributed by atoms with E-state index in [0.717, 1.165) is 16.7 Å². The summed E-state index contributed by atoms with van der Waals surface area (Å²) in [7, 11) is 0. The molecule has 1 fully saturated rings. The quantitative estimate of drug-likeness (QED) is 0.806. The summed E-state index contributed by atoms with van der Waals surface area (Å²) < 4.78 is 0. The fourth-order valence-corrected chi connectivity index (χ4v) is 3.16. The molecule has 5 heteroatoms. The predicted molar refractivity (Wildman–Crippen MR) is 68.3 cm³/mol. The van der Waals surface area contributed by atoms with Crippen LogP contribution >= 0.6 is 11.8 Å². The Labute approximate surface area is 105 Å². The van der Waals surface area contributed by atoms with E-state index in [4.69, 9.17) is 10.8 Å². The van der Waals surface area contributed by atoms with E-state index in [1.807, 2.05) is 0 Å². The number of hydrogen-bond donors (Lipinski definition) is 2. The van der Waals surface area contributed by atoms with E-state index >= 15 is 0 Å². The number of pyridine rings is 1. The van der Waals surface area contributed by atoms with E-state index < -0.39 is 5.97 Å². The molecule has 0 unspecified atom stereocenters. The number of carboxylic acid groups (broad SMARTS) is 1. The number of thioether (sulfide) groups is 1. The first kappa shape index (κ1) is 12.2. The maximum absolute atomic E-state index is 10.9. The number of carbonyl (C=O) groups is 1. The van der Waals surface area contributed by atoms with Gasteiger partial charge in [0.15, 0.2) is 0 Å². The Hall–Kier alpha value is -1.23. The Morgan fingerprint density at radius 3 is 2.88 bits per heavy atom. The average Bonchev–Trinajstić information content (AvgIpc) is 2.80. The van der Waals surface area contributed by atoms with Crippen LogP contribution in [0, 0.1) is 5.92 Å². The Kier molecular flexibility index (Phi) is 3.89. The van der Waals surface area contributed by atoms with E-state index in [0.29, 0.717) is 0 Å². The van der Waals surface area contributed by atoms with Crippen molar-refractivity contribution in [3.63, 3.8) is 0 Å². The standard InChI is InChI=1S/C12H16N2O2S/c13-10-6-14-11(5-9(10)12(15)16)17-7-8-3-1-2-4-8/h5-6,8H,1-4,7,13H2,(H,15,16). The summed E-state index contributed by atoms with van der Waals surface area (Å²) in [5.74, 6) is 0.788. The first-order chi connectivity index (χ1) is 8.16. The summed E-state index contributed by atoms with van der Waals surface area (Å²) in [5, 5.41) is 9.71. The smallest absolute Gasteiger partial charge is 0.337 e. The molecule has 4 nitrogen and oxygen atoms in total. The van der Waals surface area contributed by atoms with Crippen LogP contribution in [0.3, 0.4) is 0 Å². The SMILES string of the molecule is Nc1cnc(SCC2CCCC2)cc1C(=O)O. The summed E-state index contributed by atoms with van der Waals surface area (Å²) in [6.45, 7) is 0. The number of rotatable bonds is 4. The molecule has 1 aliphatic rings. The van der Waals surface area contributed by atoms with Gasteiger partial charge in [-0.3, -0.25) is 0 Å². The summed E-state index contributed by atoms with van der Waals surface area (Å²) in [6.07, 6.45) is 6.64. The van der Waals surface area contributed by atoms with Crippen LogP contribution < -0.4 is 5.73 Å². The van der Waals surface area contributed by atoms with Crippen LogP contribution in [-0.4, -0.2) is 21.8 Å². The van der Waals surface area contributed by atoms with Crippen molar-refractivity contribution in [1.82, 2.24) is 4.98 Å². The second-order valence-corrected chi connectivity index (χ2v) is 5.42. The van der Waals surface area contributed by atoms with Crippen LogP contribution in [0.15, 0.2) is 17.3 Å². The maximum Gasteiger partial charge on any atom is 0.337 e. The highest BCUT2D eigenvalue weighted by Crippen LogP contribution is 2.30. The summed E-state index contributed by atoms with van der Waals surface area (Å²) in [5.41, 5.74) is 5.93. The Morgan fingerprint density at radius 2 is 2.24 bits per heavy atom. The number of anilines is 1. The van der Waals surface area contributed by atoms with Crippen molar-refractivity contribution in [2.75, 3.05) is 11.5 Å². The van der Waals surface area contributed by atoms with Crippen LogP contribution in [0.4, 0.5) is 5.69 Å². The molecule has 1 aromatic rings. The van der Waals surface area contributed by atoms with Gasteiger partial charge in [-0.2, -0.15) is 0 Å². The molecule has 0 bridgehead atoms. The normalized spacial score (nSPS) is 16.2. The van der Waals surface area contributed by atoms with Crippen molar-refractivity contribution in [3.8, 4) is 0 Å². The Bertz CT molecular complexity index is 417. The fourth-order valence-electron chi connectivity index (χ4n) is 2.09. The molecule has 0 spiro atoms. The van der Waals surface area contributed by atoms with Gasteiger partial charge in [0.2, 0.25) is 0 Å². The van der Waals surface area contributed by atoms with Gasteiger partial charge >= 0.3 is 5.97 Å². The van der Waals surface area contributed by atoms with Gasteiger partial charge in [0.05, 0.1) is 22.5 Å². The average molecular weight is 252 g/mol. The third kappa shape index (κ3) is 3.12. The molecular formula is C12H16N2O2S. The minimum atomic E-state index is -0.993. The van der Waals surface area contributed by atoms with Crippen molar-refractivity contribution in [2.24, 2.45) is 5.92 Å². The first-order valence-electron chi connectivity index (χ1n) is 5.78. The van der Waals surface area contributed by atoms with Gasteiger partial charge in [-0.25, -0.2) is 9.78 Å². The van der Waals surface area contributed by atoms with Crippen molar-refractivity contribution in [1.29, 1.82) is 0 Å². The topological polar surface area (TPSA) is 76.2 Å². The Balaban J connectivity index is 2.00. The zero-order valence-corrected chi connectivity index (χ0v) is 10.4. The highest BCUT2D eigenvalue weighted by Gasteiger charge is 2.16. The maximum atomic E-state index is 10.9. The monoisotopic (exact) mass is 252 g/mol. The van der Waals surface area contributed by atoms with Crippen molar-refractivity contribution in [3.05, 3.63) is 17.8 Å². The number of carboxylic acids is 1. The molecule has 0 radical (unpaired) electrons. The van der Waals surface area contributed by atoms with Crippen LogP contribution in [0.25, 0.3) is 0 Å². The van der Waals surface area contributed by atoms with Crippen molar-refractivity contribution in [2.45, 2.75) is 30.7 Å². The fraction of sp³-hybridized carbons (Fsp3) is 0.500. The molecule has 92 valence electrons. The largest absolute Gasteiger partial charge is 0.478 e. The molecule has 1 aromatic heterocycles. The summed E-state index contributed by atoms with van der Waals surface area (Å²) in [6, 6.07) is 1.57. The van der Waals surface area contributed by atoms with E-state index in [9.17, 15) is 4.79 Å². The van der Waals surface area contributed by atoms with Crippen LogP contribution in [0.5, 0.6) is 0 Å². The number of nitrogens with two attached hydrogens (primary N) is 1. The lowest BCUT2D eigenvalue weighted by atomic mass is 10.1. The van der Waals surface area contributed by atoms with Crippen LogP contribution in [0.2, 0.25) is 0 Å². The van der Waals surface area contributed by atoms with E-state index in [-0.39, 0.29) is 11.3 Å². The first-order valence-corrected chi connectivity index (χ1v) is 6.77. The van der Waals surface area contributed by atoms with Gasteiger partial charge in [0, 0.05) is 5.75 Å². The molecule has 0 aromatic carbocycles. The van der Waals surface area contributed by atoms with Gasteiger partial charge in [0.1, 0.15) is 0 Å². The molecule has 0 amide bonds. The van der Waals surface area contributed by atoms with Gasteiger partial charge in [-0.05, 0) is 24.8 Å². The third-order valence-electron chi connectivity index (χ3n) is 3.08. The lowest BCUT2D eigenvalue weighted by molar-refractivity contribution is 0.0697. The third-order valence-corrected chi connectivity index (χ3v) is 4.24. The summed E-state index contributed by atoms with van der Waals surface area (Å²) >= 11 is 1.63. The zero-order chi connectivity index (χ0) is 12.3. The number of nitrogen functional groups attached to an aromatic ring is 1.